The molecule has 1 heterocycles. The molecule has 2 rings (SSSR count). The Morgan fingerprint density at radius 2 is 2.16 bits per heavy atom. The summed E-state index contributed by atoms with van der Waals surface area (Å²) >= 11 is 0. The van der Waals surface area contributed by atoms with Crippen molar-refractivity contribution in [3.05, 3.63) is 29.3 Å². The monoisotopic (exact) mass is 261 g/mol. The Kier molecular flexibility index (Phi) is 4.25. The molecule has 0 aromatic heterocycles. The van der Waals surface area contributed by atoms with E-state index in [9.17, 15) is 4.79 Å². The van der Waals surface area contributed by atoms with Crippen molar-refractivity contribution < 1.29 is 9.53 Å². The minimum absolute atomic E-state index is 0.249. The summed E-state index contributed by atoms with van der Waals surface area (Å²) in [6.45, 7) is 4.70. The van der Waals surface area contributed by atoms with Gasteiger partial charge in [-0.15, -0.1) is 0 Å². The van der Waals surface area contributed by atoms with Gasteiger partial charge in [0, 0.05) is 24.8 Å². The van der Waals surface area contributed by atoms with Crippen molar-refractivity contribution in [2.75, 3.05) is 6.61 Å². The molecule has 1 aliphatic heterocycles. The lowest BCUT2D eigenvalue weighted by Gasteiger charge is -2.17. The second-order valence-corrected chi connectivity index (χ2v) is 6.07. The number of benzene rings is 1. The van der Waals surface area contributed by atoms with Crippen molar-refractivity contribution in [2.24, 2.45) is 5.73 Å². The topological polar surface area (TPSA) is 52.3 Å². The molecule has 1 aromatic carbocycles. The zero-order valence-electron chi connectivity index (χ0n) is 11.9. The predicted molar refractivity (Wildman–Crippen MR) is 76.5 cm³/mol. The molecule has 0 atom stereocenters. The smallest absolute Gasteiger partial charge is 0.133 e. The number of hydrogen-bond acceptors (Lipinski definition) is 3. The van der Waals surface area contributed by atoms with Crippen molar-refractivity contribution in [1.82, 2.24) is 0 Å². The molecule has 3 heteroatoms. The molecule has 1 aromatic rings. The Balaban J connectivity index is 1.81. The van der Waals surface area contributed by atoms with E-state index in [1.807, 2.05) is 19.9 Å². The first kappa shape index (κ1) is 14.1. The van der Waals surface area contributed by atoms with Crippen molar-refractivity contribution in [3.63, 3.8) is 0 Å². The highest BCUT2D eigenvalue weighted by molar-refractivity contribution is 5.78. The molecule has 0 saturated carbocycles. The maximum absolute atomic E-state index is 11.8. The maximum Gasteiger partial charge on any atom is 0.133 e. The Morgan fingerprint density at radius 3 is 2.89 bits per heavy atom. The molecule has 0 bridgehead atoms. The van der Waals surface area contributed by atoms with E-state index in [1.54, 1.807) is 0 Å². The molecule has 0 spiro atoms. The Hall–Kier alpha value is -1.35. The summed E-state index contributed by atoms with van der Waals surface area (Å²) in [5.74, 6) is 1.30. The Bertz CT molecular complexity index is 460. The predicted octanol–water partition coefficient (Wildman–Crippen LogP) is 2.64. The van der Waals surface area contributed by atoms with Gasteiger partial charge < -0.3 is 10.5 Å². The molecule has 0 fully saturated rings. The average Bonchev–Trinajstić information content (AvgIpc) is 2.80. The van der Waals surface area contributed by atoms with Crippen LogP contribution in [0.3, 0.4) is 0 Å². The first-order valence-corrected chi connectivity index (χ1v) is 6.99. The summed E-state index contributed by atoms with van der Waals surface area (Å²) < 4.78 is 5.47. The van der Waals surface area contributed by atoms with Crippen molar-refractivity contribution >= 4 is 5.78 Å². The lowest BCUT2D eigenvalue weighted by molar-refractivity contribution is -0.119. The van der Waals surface area contributed by atoms with Crippen LogP contribution < -0.4 is 10.5 Å². The molecule has 0 saturated heterocycles. The molecular formula is C16H23NO2. The molecule has 0 amide bonds. The number of carbonyl (C=O) groups excluding carboxylic acids is 1. The van der Waals surface area contributed by atoms with E-state index >= 15 is 0 Å². The largest absolute Gasteiger partial charge is 0.493 e. The molecule has 1 aliphatic rings. The minimum Gasteiger partial charge on any atom is -0.493 e. The third kappa shape index (κ3) is 4.35. The van der Waals surface area contributed by atoms with Gasteiger partial charge in [-0.05, 0) is 43.9 Å². The average molecular weight is 261 g/mol. The van der Waals surface area contributed by atoms with E-state index in [-0.39, 0.29) is 5.54 Å². The quantitative estimate of drug-likeness (QED) is 0.856. The van der Waals surface area contributed by atoms with Crippen LogP contribution in [0.1, 0.15) is 44.2 Å². The molecule has 2 N–H and O–H groups in total. The van der Waals surface area contributed by atoms with E-state index in [1.165, 1.54) is 11.1 Å². The van der Waals surface area contributed by atoms with Crippen LogP contribution in [0.2, 0.25) is 0 Å². The van der Waals surface area contributed by atoms with E-state index in [2.05, 4.69) is 12.1 Å². The fourth-order valence-electron chi connectivity index (χ4n) is 2.27. The van der Waals surface area contributed by atoms with Crippen molar-refractivity contribution in [2.45, 2.75) is 51.5 Å². The van der Waals surface area contributed by atoms with Crippen LogP contribution in [0.15, 0.2) is 18.2 Å². The molecule has 104 valence electrons. The zero-order chi connectivity index (χ0) is 13.9. The number of rotatable bonds is 6. The Morgan fingerprint density at radius 1 is 1.37 bits per heavy atom. The minimum atomic E-state index is -0.249. The molecule has 19 heavy (non-hydrogen) atoms. The van der Waals surface area contributed by atoms with Gasteiger partial charge in [-0.3, -0.25) is 4.79 Å². The number of aryl methyl sites for hydroxylation is 1. The van der Waals surface area contributed by atoms with Gasteiger partial charge in [0.1, 0.15) is 11.5 Å². The van der Waals surface area contributed by atoms with Crippen LogP contribution in [-0.2, 0) is 17.6 Å². The lowest BCUT2D eigenvalue weighted by atomic mass is 9.96. The molecule has 0 unspecified atom stereocenters. The highest BCUT2D eigenvalue weighted by atomic mass is 16.5. The lowest BCUT2D eigenvalue weighted by Crippen LogP contribution is -2.32. The number of ketones is 1. The first-order valence-electron chi connectivity index (χ1n) is 6.99. The Labute approximate surface area is 115 Å². The molecular weight excluding hydrogens is 238 g/mol. The third-order valence-corrected chi connectivity index (χ3v) is 3.49. The van der Waals surface area contributed by atoms with Crippen LogP contribution in [0, 0.1) is 0 Å². The molecule has 3 nitrogen and oxygen atoms in total. The number of ether oxygens (including phenoxy) is 1. The third-order valence-electron chi connectivity index (χ3n) is 3.49. The summed E-state index contributed by atoms with van der Waals surface area (Å²) in [4.78, 5) is 11.8. The van der Waals surface area contributed by atoms with Crippen LogP contribution in [-0.4, -0.2) is 17.9 Å². The summed E-state index contributed by atoms with van der Waals surface area (Å²) in [7, 11) is 0. The van der Waals surface area contributed by atoms with Gasteiger partial charge >= 0.3 is 0 Å². The van der Waals surface area contributed by atoms with Crippen LogP contribution in [0.5, 0.6) is 5.75 Å². The van der Waals surface area contributed by atoms with E-state index in [0.29, 0.717) is 18.6 Å². The maximum atomic E-state index is 11.8. The van der Waals surface area contributed by atoms with E-state index in [0.717, 1.165) is 31.6 Å². The van der Waals surface area contributed by atoms with Gasteiger partial charge in [0.25, 0.3) is 0 Å². The van der Waals surface area contributed by atoms with Crippen LogP contribution in [0.4, 0.5) is 0 Å². The summed E-state index contributed by atoms with van der Waals surface area (Å²) in [5, 5.41) is 0. The number of nitrogens with two attached hydrogens (primary N) is 1. The van der Waals surface area contributed by atoms with E-state index < -0.39 is 0 Å². The number of Topliss-reactive ketones (excluding diaryl/α,β-unsaturated/α-hetero) is 1. The molecule has 0 radical (unpaired) electrons. The highest BCUT2D eigenvalue weighted by Crippen LogP contribution is 2.26. The standard InChI is InChI=1S/C16H23NO2/c1-16(2,17)9-7-14(18)5-3-12-4-6-15-13(11-12)8-10-19-15/h4,6,11H,3,5,7-10,17H2,1-2H3. The second-order valence-electron chi connectivity index (χ2n) is 6.07. The van der Waals surface area contributed by atoms with Gasteiger partial charge in [-0.2, -0.15) is 0 Å². The van der Waals surface area contributed by atoms with E-state index in [4.69, 9.17) is 10.5 Å². The van der Waals surface area contributed by atoms with Gasteiger partial charge in [-0.25, -0.2) is 0 Å². The first-order chi connectivity index (χ1) is 8.94. The number of carbonyl (C=O) groups is 1. The van der Waals surface area contributed by atoms with Crippen molar-refractivity contribution in [1.29, 1.82) is 0 Å². The SMILES string of the molecule is CC(C)(N)CCC(=O)CCc1ccc2c(c1)CCO2. The van der Waals surface area contributed by atoms with Crippen LogP contribution >= 0.6 is 0 Å². The zero-order valence-corrected chi connectivity index (χ0v) is 11.9. The highest BCUT2D eigenvalue weighted by Gasteiger charge is 2.14. The fraction of sp³-hybridized carbons (Fsp3) is 0.562. The summed E-state index contributed by atoms with van der Waals surface area (Å²) in [5.41, 5.74) is 8.13. The summed E-state index contributed by atoms with van der Waals surface area (Å²) in [6.07, 6.45) is 3.74. The molecule has 0 aliphatic carbocycles. The normalized spacial score (nSPS) is 14.1. The van der Waals surface area contributed by atoms with Gasteiger partial charge in [0.2, 0.25) is 0 Å². The number of fused-ring (bicyclic) bond motifs is 1. The fourth-order valence-corrected chi connectivity index (χ4v) is 2.27. The summed E-state index contributed by atoms with van der Waals surface area (Å²) in [6, 6.07) is 6.25. The number of hydrogen-bond donors (Lipinski definition) is 1. The second kappa shape index (κ2) is 5.74. The van der Waals surface area contributed by atoms with Gasteiger partial charge in [-0.1, -0.05) is 12.1 Å². The van der Waals surface area contributed by atoms with Gasteiger partial charge in [0.05, 0.1) is 6.61 Å². The van der Waals surface area contributed by atoms with Gasteiger partial charge in [0.15, 0.2) is 0 Å². The van der Waals surface area contributed by atoms with Crippen molar-refractivity contribution in [3.8, 4) is 5.75 Å². The van der Waals surface area contributed by atoms with Crippen LogP contribution in [0.25, 0.3) is 0 Å².